The Hall–Kier alpha value is -2.38. The summed E-state index contributed by atoms with van der Waals surface area (Å²) < 4.78 is 0. The quantitative estimate of drug-likeness (QED) is 0.717. The average Bonchev–Trinajstić information content (AvgIpc) is 3.06. The average molecular weight is 411 g/mol. The van der Waals surface area contributed by atoms with E-state index in [2.05, 4.69) is 25.3 Å². The van der Waals surface area contributed by atoms with E-state index in [1.165, 1.54) is 25.7 Å². The Balaban J connectivity index is 0.00000106. The second kappa shape index (κ2) is 9.18. The third kappa shape index (κ3) is 3.96. The molecule has 0 spiro atoms. The van der Waals surface area contributed by atoms with E-state index in [0.717, 1.165) is 31.9 Å². The summed E-state index contributed by atoms with van der Waals surface area (Å²) in [6.07, 6.45) is 5.03. The van der Waals surface area contributed by atoms with Crippen LogP contribution in [0.5, 0.6) is 5.75 Å². The first-order chi connectivity index (χ1) is 14.7. The van der Waals surface area contributed by atoms with Gasteiger partial charge in [0.15, 0.2) is 5.82 Å². The molecule has 3 aliphatic rings. The van der Waals surface area contributed by atoms with Crippen molar-refractivity contribution in [2.24, 2.45) is 0 Å². The third-order valence-electron chi connectivity index (χ3n) is 6.59. The zero-order valence-electron chi connectivity index (χ0n) is 18.1. The molecule has 3 aliphatic heterocycles. The van der Waals surface area contributed by atoms with Gasteiger partial charge in [-0.3, -0.25) is 4.90 Å². The second-order valence-corrected chi connectivity index (χ2v) is 8.24. The molecular formula is C23H34N6O. The lowest BCUT2D eigenvalue weighted by Gasteiger charge is -2.47. The number of aromatic nitrogens is 2. The van der Waals surface area contributed by atoms with Crippen molar-refractivity contribution in [2.75, 3.05) is 36.8 Å². The Morgan fingerprint density at radius 1 is 0.967 bits per heavy atom. The van der Waals surface area contributed by atoms with Gasteiger partial charge in [0, 0.05) is 36.8 Å². The SMILES string of the molecule is CC.Nc1nnc(-c2ccccc2O)cc1N1CC2CCC(C1)N2C1CCNCC1. The van der Waals surface area contributed by atoms with Gasteiger partial charge in [-0.05, 0) is 57.0 Å². The molecule has 5 rings (SSSR count). The lowest BCUT2D eigenvalue weighted by Crippen LogP contribution is -2.59. The Morgan fingerprint density at radius 2 is 1.63 bits per heavy atom. The molecule has 162 valence electrons. The highest BCUT2D eigenvalue weighted by Gasteiger charge is 2.43. The molecule has 2 aromatic rings. The molecule has 0 aliphatic carbocycles. The summed E-state index contributed by atoms with van der Waals surface area (Å²) in [5.41, 5.74) is 8.52. The largest absolute Gasteiger partial charge is 0.507 e. The van der Waals surface area contributed by atoms with Crippen LogP contribution in [-0.2, 0) is 0 Å². The van der Waals surface area contributed by atoms with Crippen LogP contribution < -0.4 is 16.0 Å². The Bertz CT molecular complexity index is 839. The number of nitrogen functional groups attached to an aromatic ring is 1. The molecule has 3 saturated heterocycles. The third-order valence-corrected chi connectivity index (χ3v) is 6.59. The van der Waals surface area contributed by atoms with E-state index < -0.39 is 0 Å². The molecule has 3 fully saturated rings. The standard InChI is InChI=1S/C21H28N6O.C2H6/c22-21-19(11-18(24-25-21)17-3-1-2-4-20(17)28)26-12-15-5-6-16(13-26)27(15)14-7-9-23-10-8-14;1-2/h1-4,11,14-16,23,28H,5-10,12-13H2,(H2,22,25);1-2H3. The van der Waals surface area contributed by atoms with E-state index in [-0.39, 0.29) is 5.75 Å². The zero-order valence-corrected chi connectivity index (χ0v) is 18.1. The predicted molar refractivity (Wildman–Crippen MR) is 122 cm³/mol. The maximum Gasteiger partial charge on any atom is 0.169 e. The molecule has 1 aromatic heterocycles. The van der Waals surface area contributed by atoms with Crippen LogP contribution in [0.1, 0.15) is 39.5 Å². The number of piperazine rings is 1. The molecule has 1 aromatic carbocycles. The van der Waals surface area contributed by atoms with E-state index in [4.69, 9.17) is 5.73 Å². The number of fused-ring (bicyclic) bond motifs is 2. The Morgan fingerprint density at radius 3 is 2.30 bits per heavy atom. The lowest BCUT2D eigenvalue weighted by molar-refractivity contribution is 0.0894. The molecule has 2 atom stereocenters. The van der Waals surface area contributed by atoms with Crippen molar-refractivity contribution in [3.63, 3.8) is 0 Å². The van der Waals surface area contributed by atoms with E-state index in [9.17, 15) is 5.11 Å². The molecule has 7 nitrogen and oxygen atoms in total. The molecule has 2 unspecified atom stereocenters. The number of benzene rings is 1. The molecule has 7 heteroatoms. The summed E-state index contributed by atoms with van der Waals surface area (Å²) >= 11 is 0. The van der Waals surface area contributed by atoms with Crippen LogP contribution in [0.3, 0.4) is 0 Å². The number of phenolic OH excluding ortho intramolecular Hbond substituents is 1. The normalized spacial score (nSPS) is 24.4. The number of nitrogens with two attached hydrogens (primary N) is 1. The van der Waals surface area contributed by atoms with Crippen LogP contribution >= 0.6 is 0 Å². The molecule has 0 amide bonds. The fourth-order valence-corrected chi connectivity index (χ4v) is 5.30. The van der Waals surface area contributed by atoms with Crippen molar-refractivity contribution >= 4 is 11.5 Å². The van der Waals surface area contributed by atoms with Gasteiger partial charge in [0.2, 0.25) is 0 Å². The first kappa shape index (κ1) is 20.9. The number of piperidine rings is 1. The van der Waals surface area contributed by atoms with E-state index in [1.807, 2.05) is 38.1 Å². The lowest BCUT2D eigenvalue weighted by atomic mass is 10.0. The topological polar surface area (TPSA) is 90.5 Å². The molecule has 2 bridgehead atoms. The van der Waals surface area contributed by atoms with Crippen LogP contribution in [0.4, 0.5) is 11.5 Å². The van der Waals surface area contributed by atoms with Crippen molar-refractivity contribution in [2.45, 2.75) is 57.7 Å². The van der Waals surface area contributed by atoms with E-state index >= 15 is 0 Å². The summed E-state index contributed by atoms with van der Waals surface area (Å²) in [7, 11) is 0. The minimum absolute atomic E-state index is 0.211. The number of aromatic hydroxyl groups is 1. The predicted octanol–water partition coefficient (Wildman–Crippen LogP) is 2.86. The molecular weight excluding hydrogens is 376 g/mol. The molecule has 0 saturated carbocycles. The van der Waals surface area contributed by atoms with Crippen LogP contribution in [0.15, 0.2) is 30.3 Å². The molecule has 30 heavy (non-hydrogen) atoms. The Kier molecular flexibility index (Phi) is 6.39. The molecule has 4 N–H and O–H groups in total. The highest BCUT2D eigenvalue weighted by Crippen LogP contribution is 2.38. The van der Waals surface area contributed by atoms with Gasteiger partial charge in [-0.2, -0.15) is 0 Å². The second-order valence-electron chi connectivity index (χ2n) is 8.24. The number of nitrogens with zero attached hydrogens (tertiary/aromatic N) is 4. The van der Waals surface area contributed by atoms with Gasteiger partial charge in [-0.15, -0.1) is 10.2 Å². The van der Waals surface area contributed by atoms with E-state index in [1.54, 1.807) is 6.07 Å². The number of rotatable bonds is 3. The van der Waals surface area contributed by atoms with Gasteiger partial charge in [0.1, 0.15) is 5.75 Å². The van der Waals surface area contributed by atoms with E-state index in [0.29, 0.717) is 35.2 Å². The number of phenols is 1. The number of hydrogen-bond acceptors (Lipinski definition) is 7. The minimum atomic E-state index is 0.211. The Labute approximate surface area is 179 Å². The number of para-hydroxylation sites is 1. The summed E-state index contributed by atoms with van der Waals surface area (Å²) in [4.78, 5) is 5.18. The van der Waals surface area contributed by atoms with Gasteiger partial charge in [-0.25, -0.2) is 0 Å². The number of nitrogens with one attached hydrogen (secondary N) is 1. The van der Waals surface area contributed by atoms with Gasteiger partial charge in [0.25, 0.3) is 0 Å². The van der Waals surface area contributed by atoms with Gasteiger partial charge in [-0.1, -0.05) is 26.0 Å². The fraction of sp³-hybridized carbons (Fsp3) is 0.565. The maximum absolute atomic E-state index is 10.2. The maximum atomic E-state index is 10.2. The number of hydrogen-bond donors (Lipinski definition) is 3. The van der Waals surface area contributed by atoms with Crippen LogP contribution in [-0.4, -0.2) is 64.5 Å². The summed E-state index contributed by atoms with van der Waals surface area (Å²) in [6, 6.07) is 11.1. The monoisotopic (exact) mass is 410 g/mol. The first-order valence-corrected chi connectivity index (χ1v) is 11.4. The van der Waals surface area contributed by atoms with Crippen LogP contribution in [0, 0.1) is 0 Å². The van der Waals surface area contributed by atoms with Gasteiger partial charge >= 0.3 is 0 Å². The van der Waals surface area contributed by atoms with Crippen LogP contribution in [0.2, 0.25) is 0 Å². The van der Waals surface area contributed by atoms with Crippen molar-refractivity contribution < 1.29 is 5.11 Å². The summed E-state index contributed by atoms with van der Waals surface area (Å²) in [5.74, 6) is 0.678. The number of anilines is 2. The van der Waals surface area contributed by atoms with Gasteiger partial charge in [0.05, 0.1) is 11.4 Å². The van der Waals surface area contributed by atoms with Gasteiger partial charge < -0.3 is 21.1 Å². The highest BCUT2D eigenvalue weighted by molar-refractivity contribution is 5.74. The first-order valence-electron chi connectivity index (χ1n) is 11.4. The van der Waals surface area contributed by atoms with Crippen molar-refractivity contribution in [3.8, 4) is 17.0 Å². The zero-order chi connectivity index (χ0) is 21.1. The van der Waals surface area contributed by atoms with Crippen LogP contribution in [0.25, 0.3) is 11.3 Å². The van der Waals surface area contributed by atoms with Crippen molar-refractivity contribution in [1.29, 1.82) is 0 Å². The smallest absolute Gasteiger partial charge is 0.169 e. The molecule has 4 heterocycles. The molecule has 0 radical (unpaired) electrons. The van der Waals surface area contributed by atoms with Crippen molar-refractivity contribution in [1.82, 2.24) is 20.4 Å². The minimum Gasteiger partial charge on any atom is -0.507 e. The summed E-state index contributed by atoms with van der Waals surface area (Å²) in [5, 5.41) is 22.1. The van der Waals surface area contributed by atoms with Crippen molar-refractivity contribution in [3.05, 3.63) is 30.3 Å². The fourth-order valence-electron chi connectivity index (χ4n) is 5.30. The summed E-state index contributed by atoms with van der Waals surface area (Å²) in [6.45, 7) is 8.23. The highest BCUT2D eigenvalue weighted by atomic mass is 16.3.